The molecule has 1 rings (SSSR count). The normalized spacial score (nSPS) is 16.8. The van der Waals surface area contributed by atoms with Gasteiger partial charge >= 0.3 is 11.9 Å². The van der Waals surface area contributed by atoms with Crippen molar-refractivity contribution in [3.8, 4) is 0 Å². The highest BCUT2D eigenvalue weighted by Gasteiger charge is 2.36. The molecule has 0 fully saturated rings. The standard InChI is InChI=1S/C13H20O4/c1-3-16-11(14)9-13(7-5-6-8-13)10-12(15)17-4-2/h5-6H,3-4,7-10H2,1-2H3. The Morgan fingerprint density at radius 3 is 1.76 bits per heavy atom. The van der Waals surface area contributed by atoms with Crippen LogP contribution < -0.4 is 0 Å². The molecule has 0 bridgehead atoms. The van der Waals surface area contributed by atoms with E-state index in [1.165, 1.54) is 0 Å². The first kappa shape index (κ1) is 13.7. The number of rotatable bonds is 6. The molecule has 0 aromatic rings. The molecule has 4 heteroatoms. The lowest BCUT2D eigenvalue weighted by molar-refractivity contribution is -0.149. The van der Waals surface area contributed by atoms with E-state index in [0.717, 1.165) is 12.8 Å². The van der Waals surface area contributed by atoms with Gasteiger partial charge in [-0.05, 0) is 32.1 Å². The van der Waals surface area contributed by atoms with Crippen LogP contribution >= 0.6 is 0 Å². The van der Waals surface area contributed by atoms with Gasteiger partial charge in [0.05, 0.1) is 26.1 Å². The number of carbonyl (C=O) groups excluding carboxylic acids is 2. The molecule has 0 N–H and O–H groups in total. The van der Waals surface area contributed by atoms with Gasteiger partial charge in [0.1, 0.15) is 0 Å². The molecule has 0 aromatic carbocycles. The minimum Gasteiger partial charge on any atom is -0.466 e. The van der Waals surface area contributed by atoms with Crippen molar-refractivity contribution in [2.45, 2.75) is 39.5 Å². The number of esters is 2. The van der Waals surface area contributed by atoms with Crippen LogP contribution in [-0.4, -0.2) is 25.2 Å². The Morgan fingerprint density at radius 2 is 1.41 bits per heavy atom. The Hall–Kier alpha value is -1.32. The fourth-order valence-electron chi connectivity index (χ4n) is 2.14. The highest BCUT2D eigenvalue weighted by Crippen LogP contribution is 2.40. The predicted octanol–water partition coefficient (Wildman–Crippen LogP) is 2.23. The molecule has 1 aliphatic carbocycles. The van der Waals surface area contributed by atoms with E-state index in [2.05, 4.69) is 0 Å². The minimum absolute atomic E-state index is 0.236. The molecule has 1 aliphatic rings. The number of carbonyl (C=O) groups is 2. The highest BCUT2D eigenvalue weighted by molar-refractivity contribution is 5.74. The van der Waals surface area contributed by atoms with E-state index in [1.807, 2.05) is 12.2 Å². The molecule has 0 heterocycles. The second-order valence-corrected chi connectivity index (χ2v) is 4.34. The summed E-state index contributed by atoms with van der Waals surface area (Å²) in [7, 11) is 0. The van der Waals surface area contributed by atoms with Crippen LogP contribution in [0.2, 0.25) is 0 Å². The molecule has 0 amide bonds. The van der Waals surface area contributed by atoms with Gasteiger partial charge in [0, 0.05) is 0 Å². The summed E-state index contributed by atoms with van der Waals surface area (Å²) in [6.07, 6.45) is 6.07. The average Bonchev–Trinajstić information content (AvgIpc) is 2.66. The Labute approximate surface area is 102 Å². The number of allylic oxidation sites excluding steroid dienone is 2. The Balaban J connectivity index is 2.56. The van der Waals surface area contributed by atoms with Gasteiger partial charge < -0.3 is 9.47 Å². The van der Waals surface area contributed by atoms with Gasteiger partial charge in [-0.2, -0.15) is 0 Å². The van der Waals surface area contributed by atoms with Gasteiger partial charge in [-0.1, -0.05) is 12.2 Å². The molecule has 17 heavy (non-hydrogen) atoms. The third-order valence-corrected chi connectivity index (χ3v) is 2.92. The molecule has 96 valence electrons. The summed E-state index contributed by atoms with van der Waals surface area (Å²) >= 11 is 0. The van der Waals surface area contributed by atoms with E-state index >= 15 is 0 Å². The van der Waals surface area contributed by atoms with Crippen molar-refractivity contribution in [1.82, 2.24) is 0 Å². The molecule has 4 nitrogen and oxygen atoms in total. The molecule has 0 saturated heterocycles. The SMILES string of the molecule is CCOC(=O)CC1(CC(=O)OCC)CC=CC1. The lowest BCUT2D eigenvalue weighted by atomic mass is 9.79. The van der Waals surface area contributed by atoms with Crippen LogP contribution in [0.1, 0.15) is 39.5 Å². The second-order valence-electron chi connectivity index (χ2n) is 4.34. The van der Waals surface area contributed by atoms with Gasteiger partial charge in [0.15, 0.2) is 0 Å². The van der Waals surface area contributed by atoms with E-state index in [1.54, 1.807) is 13.8 Å². The Kier molecular flexibility index (Phi) is 5.19. The van der Waals surface area contributed by atoms with Crippen molar-refractivity contribution in [2.75, 3.05) is 13.2 Å². The van der Waals surface area contributed by atoms with Crippen molar-refractivity contribution >= 4 is 11.9 Å². The molecular formula is C13H20O4. The predicted molar refractivity (Wildman–Crippen MR) is 63.3 cm³/mol. The molecule has 0 spiro atoms. The zero-order chi connectivity index (χ0) is 12.7. The number of hydrogen-bond acceptors (Lipinski definition) is 4. The Morgan fingerprint density at radius 1 is 1.00 bits per heavy atom. The van der Waals surface area contributed by atoms with Gasteiger partial charge in [-0.3, -0.25) is 9.59 Å². The van der Waals surface area contributed by atoms with Crippen LogP contribution in [0.3, 0.4) is 0 Å². The second kappa shape index (κ2) is 6.42. The van der Waals surface area contributed by atoms with Crippen LogP contribution in [0, 0.1) is 5.41 Å². The van der Waals surface area contributed by atoms with E-state index in [4.69, 9.17) is 9.47 Å². The summed E-state index contributed by atoms with van der Waals surface area (Å²) in [5, 5.41) is 0. The quantitative estimate of drug-likeness (QED) is 0.527. The van der Waals surface area contributed by atoms with Crippen molar-refractivity contribution in [3.05, 3.63) is 12.2 Å². The first-order valence-corrected chi connectivity index (χ1v) is 6.08. The summed E-state index contributed by atoms with van der Waals surface area (Å²) in [6.45, 7) is 4.31. The molecule has 0 aromatic heterocycles. The summed E-state index contributed by atoms with van der Waals surface area (Å²) in [6, 6.07) is 0. The zero-order valence-corrected chi connectivity index (χ0v) is 10.5. The fraction of sp³-hybridized carbons (Fsp3) is 0.692. The van der Waals surface area contributed by atoms with Crippen LogP contribution in [0.5, 0.6) is 0 Å². The average molecular weight is 240 g/mol. The molecule has 0 unspecified atom stereocenters. The van der Waals surface area contributed by atoms with Crippen LogP contribution in [0.15, 0.2) is 12.2 Å². The smallest absolute Gasteiger partial charge is 0.306 e. The van der Waals surface area contributed by atoms with Crippen molar-refractivity contribution in [2.24, 2.45) is 5.41 Å². The van der Waals surface area contributed by atoms with E-state index in [-0.39, 0.29) is 30.2 Å². The van der Waals surface area contributed by atoms with Crippen LogP contribution in [0.4, 0.5) is 0 Å². The van der Waals surface area contributed by atoms with Crippen LogP contribution in [0.25, 0.3) is 0 Å². The third kappa shape index (κ3) is 4.21. The summed E-state index contributed by atoms with van der Waals surface area (Å²) in [5.74, 6) is -0.471. The van der Waals surface area contributed by atoms with Crippen molar-refractivity contribution < 1.29 is 19.1 Å². The number of hydrogen-bond donors (Lipinski definition) is 0. The fourth-order valence-corrected chi connectivity index (χ4v) is 2.14. The lowest BCUT2D eigenvalue weighted by Gasteiger charge is -2.26. The number of ether oxygens (including phenoxy) is 2. The highest BCUT2D eigenvalue weighted by atomic mass is 16.5. The van der Waals surface area contributed by atoms with Gasteiger partial charge in [0.2, 0.25) is 0 Å². The largest absolute Gasteiger partial charge is 0.466 e. The zero-order valence-electron chi connectivity index (χ0n) is 10.5. The molecular weight excluding hydrogens is 220 g/mol. The summed E-state index contributed by atoms with van der Waals surface area (Å²) in [5.41, 5.74) is -0.321. The first-order chi connectivity index (χ1) is 8.12. The summed E-state index contributed by atoms with van der Waals surface area (Å²) in [4.78, 5) is 23.1. The van der Waals surface area contributed by atoms with Crippen molar-refractivity contribution in [1.29, 1.82) is 0 Å². The minimum atomic E-state index is -0.321. The van der Waals surface area contributed by atoms with Crippen molar-refractivity contribution in [3.63, 3.8) is 0 Å². The molecule has 0 saturated carbocycles. The van der Waals surface area contributed by atoms with Gasteiger partial charge in [0.25, 0.3) is 0 Å². The lowest BCUT2D eigenvalue weighted by Crippen LogP contribution is -2.27. The summed E-state index contributed by atoms with van der Waals surface area (Å²) < 4.78 is 9.90. The maximum Gasteiger partial charge on any atom is 0.306 e. The first-order valence-electron chi connectivity index (χ1n) is 6.08. The topological polar surface area (TPSA) is 52.6 Å². The van der Waals surface area contributed by atoms with Crippen LogP contribution in [-0.2, 0) is 19.1 Å². The third-order valence-electron chi connectivity index (χ3n) is 2.92. The van der Waals surface area contributed by atoms with E-state index < -0.39 is 0 Å². The maximum absolute atomic E-state index is 11.5. The maximum atomic E-state index is 11.5. The molecule has 0 atom stereocenters. The monoisotopic (exact) mass is 240 g/mol. The van der Waals surface area contributed by atoms with E-state index in [0.29, 0.717) is 13.2 Å². The molecule has 0 aliphatic heterocycles. The molecule has 0 radical (unpaired) electrons. The van der Waals surface area contributed by atoms with Gasteiger partial charge in [-0.15, -0.1) is 0 Å². The Bertz CT molecular complexity index is 277. The van der Waals surface area contributed by atoms with Gasteiger partial charge in [-0.25, -0.2) is 0 Å². The van der Waals surface area contributed by atoms with E-state index in [9.17, 15) is 9.59 Å².